The van der Waals surface area contributed by atoms with Gasteiger partial charge in [-0.05, 0) is 6.42 Å². The summed E-state index contributed by atoms with van der Waals surface area (Å²) in [6, 6.07) is 0. The third kappa shape index (κ3) is 5.89. The Morgan fingerprint density at radius 2 is 2.13 bits per heavy atom. The summed E-state index contributed by atoms with van der Waals surface area (Å²) in [5.74, 6) is 0.922. The van der Waals surface area contributed by atoms with Gasteiger partial charge in [0.2, 0.25) is 18.2 Å². The van der Waals surface area contributed by atoms with Crippen LogP contribution < -0.4 is 0 Å². The zero-order valence-electron chi connectivity index (χ0n) is 13.7. The van der Waals surface area contributed by atoms with E-state index < -0.39 is 0 Å². The number of hydrogen-bond acceptors (Lipinski definition) is 7. The van der Waals surface area contributed by atoms with Crippen molar-refractivity contribution >= 4 is 6.41 Å². The van der Waals surface area contributed by atoms with Crippen molar-refractivity contribution in [3.05, 3.63) is 11.8 Å². The number of nitrogens with zero attached hydrogens (tertiary/aromatic N) is 4. The minimum absolute atomic E-state index is 0.136. The van der Waals surface area contributed by atoms with E-state index in [1.54, 1.807) is 0 Å². The first kappa shape index (κ1) is 17.8. The molecule has 1 atom stereocenters. The molecule has 2 rings (SSSR count). The standard InChI is InChI=1S/C15H26N4O4/c1-2-3-4-5-13(10-19(21)12-20)15-17-16-14(23-15)11-18-6-8-22-9-7-18/h12-13,21H,2-11H2,1H3/t13-/m0/s1. The molecule has 1 N–H and O–H groups in total. The van der Waals surface area contributed by atoms with E-state index in [0.717, 1.165) is 52.0 Å². The van der Waals surface area contributed by atoms with Crippen molar-refractivity contribution in [2.45, 2.75) is 45.1 Å². The molecule has 0 saturated carbocycles. The first-order chi connectivity index (χ1) is 11.2. The first-order valence-corrected chi connectivity index (χ1v) is 8.26. The topological polar surface area (TPSA) is 91.9 Å². The van der Waals surface area contributed by atoms with Crippen LogP contribution in [0.5, 0.6) is 0 Å². The molecular weight excluding hydrogens is 300 g/mol. The van der Waals surface area contributed by atoms with Gasteiger partial charge in [-0.1, -0.05) is 26.2 Å². The molecule has 130 valence electrons. The highest BCUT2D eigenvalue weighted by molar-refractivity contribution is 5.44. The van der Waals surface area contributed by atoms with Crippen molar-refractivity contribution in [1.82, 2.24) is 20.2 Å². The van der Waals surface area contributed by atoms with Crippen LogP contribution in [0.2, 0.25) is 0 Å². The minimum Gasteiger partial charge on any atom is -0.424 e. The largest absolute Gasteiger partial charge is 0.424 e. The Bertz CT molecular complexity index is 462. The monoisotopic (exact) mass is 326 g/mol. The van der Waals surface area contributed by atoms with E-state index in [9.17, 15) is 10.0 Å². The molecule has 0 aliphatic carbocycles. The van der Waals surface area contributed by atoms with Crippen molar-refractivity contribution in [3.63, 3.8) is 0 Å². The van der Waals surface area contributed by atoms with E-state index in [1.807, 2.05) is 0 Å². The molecule has 0 bridgehead atoms. The summed E-state index contributed by atoms with van der Waals surface area (Å²) in [7, 11) is 0. The molecule has 8 nitrogen and oxygen atoms in total. The summed E-state index contributed by atoms with van der Waals surface area (Å²) in [6.07, 6.45) is 4.40. The van der Waals surface area contributed by atoms with Gasteiger partial charge in [0, 0.05) is 13.1 Å². The molecule has 1 aliphatic rings. The molecular formula is C15H26N4O4. The summed E-state index contributed by atoms with van der Waals surface area (Å²) >= 11 is 0. The van der Waals surface area contributed by atoms with Gasteiger partial charge >= 0.3 is 0 Å². The van der Waals surface area contributed by atoms with Crippen LogP contribution in [0.4, 0.5) is 0 Å². The molecule has 1 saturated heterocycles. The highest BCUT2D eigenvalue weighted by Gasteiger charge is 2.22. The number of morpholine rings is 1. The number of hydrogen-bond donors (Lipinski definition) is 1. The maximum Gasteiger partial charge on any atom is 0.233 e. The summed E-state index contributed by atoms with van der Waals surface area (Å²) in [5.41, 5.74) is 0. The normalized spacial score (nSPS) is 17.1. The fraction of sp³-hybridized carbons (Fsp3) is 0.800. The van der Waals surface area contributed by atoms with Gasteiger partial charge in [-0.15, -0.1) is 10.2 Å². The zero-order valence-corrected chi connectivity index (χ0v) is 13.7. The Hall–Kier alpha value is -1.51. The van der Waals surface area contributed by atoms with E-state index in [0.29, 0.717) is 29.8 Å². The highest BCUT2D eigenvalue weighted by Crippen LogP contribution is 2.22. The van der Waals surface area contributed by atoms with Crippen LogP contribution in [0, 0.1) is 0 Å². The number of unbranched alkanes of at least 4 members (excludes halogenated alkanes) is 2. The molecule has 23 heavy (non-hydrogen) atoms. The predicted molar refractivity (Wildman–Crippen MR) is 81.8 cm³/mol. The molecule has 1 aliphatic heterocycles. The molecule has 1 fully saturated rings. The molecule has 8 heteroatoms. The Balaban J connectivity index is 1.95. The van der Waals surface area contributed by atoms with Crippen LogP contribution in [0.25, 0.3) is 0 Å². The molecule has 1 amide bonds. The van der Waals surface area contributed by atoms with Gasteiger partial charge in [0.15, 0.2) is 0 Å². The lowest BCUT2D eigenvalue weighted by molar-refractivity contribution is -0.151. The molecule has 2 heterocycles. The van der Waals surface area contributed by atoms with E-state index in [-0.39, 0.29) is 12.5 Å². The number of hydroxylamine groups is 2. The lowest BCUT2D eigenvalue weighted by atomic mass is 10.0. The molecule has 0 radical (unpaired) electrons. The quantitative estimate of drug-likeness (QED) is 0.301. The molecule has 1 aromatic rings. The van der Waals surface area contributed by atoms with Gasteiger partial charge in [-0.3, -0.25) is 14.9 Å². The molecule has 1 aromatic heterocycles. The highest BCUT2D eigenvalue weighted by atomic mass is 16.5. The fourth-order valence-corrected chi connectivity index (χ4v) is 2.65. The van der Waals surface area contributed by atoms with Crippen LogP contribution in [-0.4, -0.2) is 64.6 Å². The first-order valence-electron chi connectivity index (χ1n) is 8.26. The average Bonchev–Trinajstić information content (AvgIpc) is 3.03. The fourth-order valence-electron chi connectivity index (χ4n) is 2.65. The Morgan fingerprint density at radius 1 is 1.35 bits per heavy atom. The van der Waals surface area contributed by atoms with Crippen LogP contribution in [-0.2, 0) is 16.1 Å². The maximum atomic E-state index is 10.7. The van der Waals surface area contributed by atoms with E-state index in [4.69, 9.17) is 9.15 Å². The van der Waals surface area contributed by atoms with Crippen molar-refractivity contribution in [3.8, 4) is 0 Å². The number of carbonyl (C=O) groups is 1. The SMILES string of the molecule is CCCCC[C@@H](CN(O)C=O)c1nnc(CN2CCOCC2)o1. The van der Waals surface area contributed by atoms with E-state index in [1.165, 1.54) is 0 Å². The smallest absolute Gasteiger partial charge is 0.233 e. The number of aromatic nitrogens is 2. The zero-order chi connectivity index (χ0) is 16.5. The van der Waals surface area contributed by atoms with Gasteiger partial charge < -0.3 is 9.15 Å². The second kappa shape index (κ2) is 9.59. The number of amides is 1. The second-order valence-corrected chi connectivity index (χ2v) is 5.84. The third-order valence-electron chi connectivity index (χ3n) is 3.98. The second-order valence-electron chi connectivity index (χ2n) is 5.84. The predicted octanol–water partition coefficient (Wildman–Crippen LogP) is 1.41. The van der Waals surface area contributed by atoms with E-state index in [2.05, 4.69) is 22.0 Å². The summed E-state index contributed by atoms with van der Waals surface area (Å²) in [6.45, 7) is 6.06. The van der Waals surface area contributed by atoms with Gasteiger partial charge in [-0.25, -0.2) is 5.06 Å². The van der Waals surface area contributed by atoms with E-state index >= 15 is 0 Å². The average molecular weight is 326 g/mol. The number of rotatable bonds is 10. The summed E-state index contributed by atoms with van der Waals surface area (Å²) < 4.78 is 11.1. The van der Waals surface area contributed by atoms with Crippen molar-refractivity contribution < 1.29 is 19.2 Å². The third-order valence-corrected chi connectivity index (χ3v) is 3.98. The van der Waals surface area contributed by atoms with Crippen LogP contribution >= 0.6 is 0 Å². The van der Waals surface area contributed by atoms with Crippen LogP contribution in [0.3, 0.4) is 0 Å². The lowest BCUT2D eigenvalue weighted by Crippen LogP contribution is -2.35. The molecule has 0 unspecified atom stereocenters. The Labute approximate surface area is 136 Å². The Morgan fingerprint density at radius 3 is 2.83 bits per heavy atom. The number of ether oxygens (including phenoxy) is 1. The van der Waals surface area contributed by atoms with Crippen molar-refractivity contribution in [2.24, 2.45) is 0 Å². The van der Waals surface area contributed by atoms with Crippen molar-refractivity contribution in [2.75, 3.05) is 32.8 Å². The number of carbonyl (C=O) groups excluding carboxylic acids is 1. The maximum absolute atomic E-state index is 10.7. The lowest BCUT2D eigenvalue weighted by Gasteiger charge is -2.24. The summed E-state index contributed by atoms with van der Waals surface area (Å²) in [4.78, 5) is 12.9. The minimum atomic E-state index is -0.136. The van der Waals surface area contributed by atoms with Gasteiger partial charge in [0.25, 0.3) is 0 Å². The van der Waals surface area contributed by atoms with Gasteiger partial charge in [0.05, 0.1) is 32.2 Å². The van der Waals surface area contributed by atoms with Gasteiger partial charge in [-0.2, -0.15) is 0 Å². The summed E-state index contributed by atoms with van der Waals surface area (Å²) in [5, 5.41) is 18.3. The molecule has 0 spiro atoms. The van der Waals surface area contributed by atoms with Crippen LogP contribution in [0.15, 0.2) is 4.42 Å². The molecule has 0 aromatic carbocycles. The Kier molecular flexibility index (Phi) is 7.44. The van der Waals surface area contributed by atoms with Crippen molar-refractivity contribution in [1.29, 1.82) is 0 Å². The van der Waals surface area contributed by atoms with Crippen LogP contribution in [0.1, 0.15) is 50.3 Å². The van der Waals surface area contributed by atoms with Gasteiger partial charge in [0.1, 0.15) is 0 Å².